The Morgan fingerprint density at radius 3 is 2.56 bits per heavy atom. The van der Waals surface area contributed by atoms with E-state index in [1.54, 1.807) is 7.11 Å². The van der Waals surface area contributed by atoms with E-state index >= 15 is 0 Å². The summed E-state index contributed by atoms with van der Waals surface area (Å²) in [5.41, 5.74) is 1.11. The van der Waals surface area contributed by atoms with Crippen LogP contribution in [0.15, 0.2) is 24.3 Å². The van der Waals surface area contributed by atoms with Gasteiger partial charge in [0.05, 0.1) is 26.9 Å². The monoisotopic (exact) mass is 446 g/mol. The third kappa shape index (κ3) is 7.98. The molecule has 1 aromatic rings. The van der Waals surface area contributed by atoms with Gasteiger partial charge in [0.15, 0.2) is 6.29 Å². The van der Waals surface area contributed by atoms with Crippen molar-refractivity contribution in [1.82, 2.24) is 0 Å². The SMILES string of the molecule is COc1ccc(COCCCCC(=O)C[C@H]2C[C@@H](C)CC(=O)[C@@H]2CCC2OCCO2)cc1. The lowest BCUT2D eigenvalue weighted by atomic mass is 9.70. The summed E-state index contributed by atoms with van der Waals surface area (Å²) in [7, 11) is 1.65. The van der Waals surface area contributed by atoms with Crippen LogP contribution in [0.4, 0.5) is 0 Å². The smallest absolute Gasteiger partial charge is 0.157 e. The van der Waals surface area contributed by atoms with Crippen LogP contribution < -0.4 is 4.74 Å². The summed E-state index contributed by atoms with van der Waals surface area (Å²) in [5, 5.41) is 0. The molecule has 1 aliphatic heterocycles. The molecular weight excluding hydrogens is 408 g/mol. The van der Waals surface area contributed by atoms with Gasteiger partial charge in [-0.1, -0.05) is 19.1 Å². The van der Waals surface area contributed by atoms with E-state index in [9.17, 15) is 9.59 Å². The Kier molecular flexibility index (Phi) is 10.2. The van der Waals surface area contributed by atoms with E-state index in [0.717, 1.165) is 43.4 Å². The molecule has 0 amide bonds. The van der Waals surface area contributed by atoms with E-state index < -0.39 is 0 Å². The van der Waals surface area contributed by atoms with Crippen molar-refractivity contribution in [3.63, 3.8) is 0 Å². The van der Waals surface area contributed by atoms with Gasteiger partial charge in [0.2, 0.25) is 0 Å². The highest BCUT2D eigenvalue weighted by atomic mass is 16.7. The molecule has 1 heterocycles. The minimum Gasteiger partial charge on any atom is -0.497 e. The van der Waals surface area contributed by atoms with Crippen molar-refractivity contribution < 1.29 is 28.5 Å². The van der Waals surface area contributed by atoms with Gasteiger partial charge in [-0.05, 0) is 61.6 Å². The number of benzene rings is 1. The van der Waals surface area contributed by atoms with E-state index in [1.165, 1.54) is 0 Å². The number of hydrogen-bond acceptors (Lipinski definition) is 6. The average molecular weight is 447 g/mol. The summed E-state index contributed by atoms with van der Waals surface area (Å²) in [4.78, 5) is 25.3. The first-order valence-electron chi connectivity index (χ1n) is 12.0. The fourth-order valence-electron chi connectivity index (χ4n) is 4.87. The molecule has 0 unspecified atom stereocenters. The molecule has 2 aliphatic rings. The molecule has 32 heavy (non-hydrogen) atoms. The highest BCUT2D eigenvalue weighted by molar-refractivity contribution is 5.84. The van der Waals surface area contributed by atoms with Crippen LogP contribution in [0, 0.1) is 17.8 Å². The lowest BCUT2D eigenvalue weighted by Gasteiger charge is -2.34. The molecule has 178 valence electrons. The molecule has 0 N–H and O–H groups in total. The summed E-state index contributed by atoms with van der Waals surface area (Å²) < 4.78 is 21.9. The fourth-order valence-corrected chi connectivity index (χ4v) is 4.87. The molecule has 6 nitrogen and oxygen atoms in total. The largest absolute Gasteiger partial charge is 0.497 e. The predicted molar refractivity (Wildman–Crippen MR) is 121 cm³/mol. The maximum atomic E-state index is 12.7. The van der Waals surface area contributed by atoms with Gasteiger partial charge in [-0.25, -0.2) is 0 Å². The fraction of sp³-hybridized carbons (Fsp3) is 0.692. The number of ketones is 2. The Morgan fingerprint density at radius 2 is 1.84 bits per heavy atom. The first-order chi connectivity index (χ1) is 15.5. The van der Waals surface area contributed by atoms with Gasteiger partial charge in [0, 0.05) is 31.8 Å². The first-order valence-corrected chi connectivity index (χ1v) is 12.0. The molecule has 1 aliphatic carbocycles. The highest BCUT2D eigenvalue weighted by Crippen LogP contribution is 2.37. The molecule has 3 rings (SSSR count). The topological polar surface area (TPSA) is 71.1 Å². The second kappa shape index (κ2) is 13.1. The minimum absolute atomic E-state index is 0.0317. The molecular formula is C26H38O6. The van der Waals surface area contributed by atoms with Gasteiger partial charge in [-0.3, -0.25) is 9.59 Å². The summed E-state index contributed by atoms with van der Waals surface area (Å²) in [6.45, 7) is 4.59. The van der Waals surface area contributed by atoms with E-state index in [-0.39, 0.29) is 23.9 Å². The molecule has 0 radical (unpaired) electrons. The first kappa shape index (κ1) is 24.9. The maximum Gasteiger partial charge on any atom is 0.157 e. The Morgan fingerprint density at radius 1 is 1.09 bits per heavy atom. The Hall–Kier alpha value is -1.76. The summed E-state index contributed by atoms with van der Waals surface area (Å²) >= 11 is 0. The highest BCUT2D eigenvalue weighted by Gasteiger charge is 2.36. The summed E-state index contributed by atoms with van der Waals surface area (Å²) in [6.07, 6.45) is 5.66. The maximum absolute atomic E-state index is 12.7. The summed E-state index contributed by atoms with van der Waals surface area (Å²) in [6, 6.07) is 7.84. The molecule has 6 heteroatoms. The molecule has 1 saturated heterocycles. The molecule has 2 fully saturated rings. The number of unbranched alkanes of at least 4 members (excludes halogenated alkanes) is 1. The predicted octanol–water partition coefficient (Wildman–Crippen LogP) is 4.73. The van der Waals surface area contributed by atoms with E-state index in [0.29, 0.717) is 57.4 Å². The number of hydrogen-bond donors (Lipinski definition) is 0. The van der Waals surface area contributed by atoms with Crippen LogP contribution in [0.2, 0.25) is 0 Å². The molecule has 1 aromatic carbocycles. The third-order valence-electron chi connectivity index (χ3n) is 6.55. The zero-order valence-electron chi connectivity index (χ0n) is 19.6. The van der Waals surface area contributed by atoms with Gasteiger partial charge >= 0.3 is 0 Å². The quantitative estimate of drug-likeness (QED) is 0.408. The van der Waals surface area contributed by atoms with Crippen LogP contribution in [0.25, 0.3) is 0 Å². The third-order valence-corrected chi connectivity index (χ3v) is 6.55. The molecule has 0 spiro atoms. The van der Waals surface area contributed by atoms with Crippen LogP contribution in [-0.2, 0) is 30.4 Å². The number of Topliss-reactive ketones (excluding diaryl/α,β-unsaturated/α-hetero) is 2. The molecule has 0 aromatic heterocycles. The zero-order valence-corrected chi connectivity index (χ0v) is 19.6. The van der Waals surface area contributed by atoms with E-state index in [4.69, 9.17) is 18.9 Å². The van der Waals surface area contributed by atoms with Crippen molar-refractivity contribution in [2.75, 3.05) is 26.9 Å². The van der Waals surface area contributed by atoms with Gasteiger partial charge in [-0.2, -0.15) is 0 Å². The normalized spacial score (nSPS) is 24.1. The lowest BCUT2D eigenvalue weighted by molar-refractivity contribution is -0.131. The minimum atomic E-state index is -0.184. The van der Waals surface area contributed by atoms with Crippen LogP contribution >= 0.6 is 0 Å². The van der Waals surface area contributed by atoms with Crippen molar-refractivity contribution in [3.05, 3.63) is 29.8 Å². The number of carbonyl (C=O) groups is 2. The number of carbonyl (C=O) groups excluding carboxylic acids is 2. The standard InChI is InChI=1S/C26H38O6/c1-19-15-21(24(25(28)16-19)10-11-26-31-13-14-32-26)17-22(27)5-3-4-12-30-18-20-6-8-23(29-2)9-7-20/h6-9,19,21,24,26H,3-5,10-18H2,1-2H3/t19-,21-,24-/m1/s1. The van der Waals surface area contributed by atoms with Crippen molar-refractivity contribution in [1.29, 1.82) is 0 Å². The van der Waals surface area contributed by atoms with Gasteiger partial charge in [0.25, 0.3) is 0 Å². The van der Waals surface area contributed by atoms with Crippen LogP contribution in [-0.4, -0.2) is 44.8 Å². The lowest BCUT2D eigenvalue weighted by Crippen LogP contribution is -2.34. The number of rotatable bonds is 13. The van der Waals surface area contributed by atoms with E-state index in [1.807, 2.05) is 24.3 Å². The summed E-state index contributed by atoms with van der Waals surface area (Å²) in [5.74, 6) is 1.91. The van der Waals surface area contributed by atoms with Crippen molar-refractivity contribution in [2.24, 2.45) is 17.8 Å². The van der Waals surface area contributed by atoms with E-state index in [2.05, 4.69) is 6.92 Å². The van der Waals surface area contributed by atoms with Crippen molar-refractivity contribution in [3.8, 4) is 5.75 Å². The Bertz CT molecular complexity index is 710. The second-order valence-corrected chi connectivity index (χ2v) is 9.23. The molecule has 1 saturated carbocycles. The van der Waals surface area contributed by atoms with Gasteiger partial charge in [0.1, 0.15) is 17.3 Å². The van der Waals surface area contributed by atoms with Crippen LogP contribution in [0.1, 0.15) is 63.9 Å². The van der Waals surface area contributed by atoms with Crippen molar-refractivity contribution >= 4 is 11.6 Å². The van der Waals surface area contributed by atoms with Crippen LogP contribution in [0.5, 0.6) is 5.75 Å². The second-order valence-electron chi connectivity index (χ2n) is 9.23. The molecule has 0 bridgehead atoms. The average Bonchev–Trinajstić information content (AvgIpc) is 3.29. The number of ether oxygens (including phenoxy) is 4. The van der Waals surface area contributed by atoms with Gasteiger partial charge in [-0.15, -0.1) is 0 Å². The number of methoxy groups -OCH3 is 1. The zero-order chi connectivity index (χ0) is 22.8. The van der Waals surface area contributed by atoms with Crippen LogP contribution in [0.3, 0.4) is 0 Å². The molecule has 3 atom stereocenters. The Labute approximate surface area is 191 Å². The van der Waals surface area contributed by atoms with Crippen molar-refractivity contribution in [2.45, 2.75) is 71.2 Å². The van der Waals surface area contributed by atoms with Gasteiger partial charge < -0.3 is 18.9 Å². The Balaban J connectivity index is 1.33.